The molecule has 0 radical (unpaired) electrons. The Kier molecular flexibility index (Phi) is 10.3. The number of rotatable bonds is 2. The van der Waals surface area contributed by atoms with Crippen molar-refractivity contribution in [3.63, 3.8) is 0 Å². The third-order valence-electron chi connectivity index (χ3n) is 1.60. The van der Waals surface area contributed by atoms with Crippen LogP contribution in [0.4, 0.5) is 0 Å². The van der Waals surface area contributed by atoms with Crippen LogP contribution in [0.1, 0.15) is 11.1 Å². The van der Waals surface area contributed by atoms with Crippen molar-refractivity contribution < 1.29 is 59.4 Å². The zero-order valence-electron chi connectivity index (χ0n) is 6.89. The fraction of sp³-hybridized carbons (Fsp3) is 0.250. The predicted octanol–water partition coefficient (Wildman–Crippen LogP) is -6.82. The Labute approximate surface area is 107 Å². The van der Waals surface area contributed by atoms with Crippen molar-refractivity contribution in [2.75, 3.05) is 0 Å². The summed E-state index contributed by atoms with van der Waals surface area (Å²) in [6.07, 6.45) is 0. The Morgan fingerprint density at radius 3 is 1.17 bits per heavy atom. The van der Waals surface area contributed by atoms with Gasteiger partial charge in [-0.25, -0.2) is 0 Å². The monoisotopic (exact) mass is 392 g/mol. The van der Waals surface area contributed by atoms with Gasteiger partial charge in [0.1, 0.15) is 0 Å². The highest BCUT2D eigenvalue weighted by Gasteiger charge is 1.91. The van der Waals surface area contributed by atoms with Crippen LogP contribution < -0.4 is 59.4 Å². The molecule has 0 bridgehead atoms. The molecule has 6 N–H and O–H groups in total. The van der Waals surface area contributed by atoms with E-state index in [1.165, 1.54) is 11.1 Å². The normalized spacial score (nSPS) is 8.17. The van der Waals surface area contributed by atoms with Crippen molar-refractivity contribution in [1.29, 1.82) is 0 Å². The first-order chi connectivity index (χ1) is 4.86. The molecule has 4 heteroatoms. The SMILES string of the molecule is [I-].[I-].[NH3+]Cc1ccc(C[NH3+])cc1. The molecule has 0 aliphatic carbocycles. The molecular weight excluding hydrogens is 378 g/mol. The smallest absolute Gasteiger partial charge is 0.0997 e. The zero-order chi connectivity index (χ0) is 7.40. The lowest BCUT2D eigenvalue weighted by molar-refractivity contribution is -0.387. The van der Waals surface area contributed by atoms with Crippen LogP contribution in [0.15, 0.2) is 24.3 Å². The van der Waals surface area contributed by atoms with Crippen LogP contribution in [0.2, 0.25) is 0 Å². The summed E-state index contributed by atoms with van der Waals surface area (Å²) >= 11 is 0. The molecular formula is C8H14I2N2. The largest absolute Gasteiger partial charge is 1.00 e. The standard InChI is InChI=1S/C8H12N2.2HI/c9-5-7-1-2-8(6-10)4-3-7;;/h1-4H,5-6,9-10H2;2*1H. The second-order valence-electron chi connectivity index (χ2n) is 2.32. The van der Waals surface area contributed by atoms with Gasteiger partial charge >= 0.3 is 0 Å². The summed E-state index contributed by atoms with van der Waals surface area (Å²) in [6, 6.07) is 8.42. The molecule has 0 saturated carbocycles. The van der Waals surface area contributed by atoms with E-state index in [2.05, 4.69) is 35.7 Å². The van der Waals surface area contributed by atoms with Crippen molar-refractivity contribution in [1.82, 2.24) is 0 Å². The van der Waals surface area contributed by atoms with Gasteiger partial charge in [0, 0.05) is 11.1 Å². The Morgan fingerprint density at radius 2 is 1.00 bits per heavy atom. The van der Waals surface area contributed by atoms with Crippen LogP contribution >= 0.6 is 0 Å². The summed E-state index contributed by atoms with van der Waals surface area (Å²) in [5, 5.41) is 0. The van der Waals surface area contributed by atoms with Crippen molar-refractivity contribution in [2.24, 2.45) is 0 Å². The Morgan fingerprint density at radius 1 is 0.750 bits per heavy atom. The van der Waals surface area contributed by atoms with Gasteiger partial charge in [-0.05, 0) is 0 Å². The van der Waals surface area contributed by atoms with Gasteiger partial charge in [0.25, 0.3) is 0 Å². The first-order valence-corrected chi connectivity index (χ1v) is 3.53. The lowest BCUT2D eigenvalue weighted by atomic mass is 10.1. The number of benzene rings is 1. The third-order valence-corrected chi connectivity index (χ3v) is 1.60. The average Bonchev–Trinajstić information content (AvgIpc) is 2.05. The number of quaternary nitrogens is 2. The van der Waals surface area contributed by atoms with Gasteiger partial charge in [0.15, 0.2) is 0 Å². The average molecular weight is 392 g/mol. The lowest BCUT2D eigenvalue weighted by Crippen LogP contribution is -3.00. The molecule has 1 aromatic carbocycles. The van der Waals surface area contributed by atoms with E-state index < -0.39 is 0 Å². The van der Waals surface area contributed by atoms with Crippen molar-refractivity contribution >= 4 is 0 Å². The second-order valence-corrected chi connectivity index (χ2v) is 2.32. The minimum atomic E-state index is 0. The highest BCUT2D eigenvalue weighted by atomic mass is 127. The van der Waals surface area contributed by atoms with Crippen LogP contribution in [-0.4, -0.2) is 0 Å². The van der Waals surface area contributed by atoms with E-state index in [0.717, 1.165) is 13.1 Å². The topological polar surface area (TPSA) is 55.3 Å². The van der Waals surface area contributed by atoms with Crippen LogP contribution in [0, 0.1) is 0 Å². The first kappa shape index (κ1) is 15.1. The minimum absolute atomic E-state index is 0. The fourth-order valence-corrected chi connectivity index (χ4v) is 0.873. The summed E-state index contributed by atoms with van der Waals surface area (Å²) in [6.45, 7) is 1.74. The first-order valence-electron chi connectivity index (χ1n) is 3.53. The van der Waals surface area contributed by atoms with Gasteiger partial charge in [-0.15, -0.1) is 0 Å². The molecule has 0 fully saturated rings. The van der Waals surface area contributed by atoms with Crippen LogP contribution in [0.3, 0.4) is 0 Å². The summed E-state index contributed by atoms with van der Waals surface area (Å²) in [4.78, 5) is 0. The van der Waals surface area contributed by atoms with Gasteiger partial charge in [-0.1, -0.05) is 24.3 Å². The van der Waals surface area contributed by atoms with Crippen LogP contribution in [0.5, 0.6) is 0 Å². The predicted molar refractivity (Wildman–Crippen MR) is 39.6 cm³/mol. The number of halogens is 2. The Balaban J connectivity index is 0. The maximum Gasteiger partial charge on any atom is 0.0997 e. The minimum Gasteiger partial charge on any atom is -1.00 e. The molecule has 0 saturated heterocycles. The van der Waals surface area contributed by atoms with Gasteiger partial charge in [0.2, 0.25) is 0 Å². The molecule has 12 heavy (non-hydrogen) atoms. The maximum absolute atomic E-state index is 3.80. The Hall–Kier alpha value is 0.600. The molecule has 0 amide bonds. The van der Waals surface area contributed by atoms with Crippen LogP contribution in [0.25, 0.3) is 0 Å². The summed E-state index contributed by atoms with van der Waals surface area (Å²) in [7, 11) is 0. The van der Waals surface area contributed by atoms with Crippen molar-refractivity contribution in [2.45, 2.75) is 13.1 Å². The van der Waals surface area contributed by atoms with E-state index >= 15 is 0 Å². The van der Waals surface area contributed by atoms with E-state index in [-0.39, 0.29) is 48.0 Å². The van der Waals surface area contributed by atoms with E-state index in [0.29, 0.717) is 0 Å². The summed E-state index contributed by atoms with van der Waals surface area (Å²) < 4.78 is 0. The second kappa shape index (κ2) is 8.21. The molecule has 0 spiro atoms. The summed E-state index contributed by atoms with van der Waals surface area (Å²) in [5.74, 6) is 0. The number of hydrogen-bond donors (Lipinski definition) is 2. The molecule has 0 aliphatic heterocycles. The van der Waals surface area contributed by atoms with E-state index in [4.69, 9.17) is 0 Å². The van der Waals surface area contributed by atoms with Gasteiger partial charge in [0.05, 0.1) is 13.1 Å². The third kappa shape index (κ3) is 4.58. The van der Waals surface area contributed by atoms with E-state index in [1.54, 1.807) is 0 Å². The van der Waals surface area contributed by atoms with E-state index in [1.807, 2.05) is 0 Å². The highest BCUT2D eigenvalue weighted by molar-refractivity contribution is 5.20. The zero-order valence-corrected chi connectivity index (χ0v) is 11.2. The maximum atomic E-state index is 3.80. The summed E-state index contributed by atoms with van der Waals surface area (Å²) in [5.41, 5.74) is 10.2. The molecule has 2 nitrogen and oxygen atoms in total. The fourth-order valence-electron chi connectivity index (χ4n) is 0.873. The highest BCUT2D eigenvalue weighted by Crippen LogP contribution is 2.00. The van der Waals surface area contributed by atoms with E-state index in [9.17, 15) is 0 Å². The molecule has 70 valence electrons. The number of hydrogen-bond acceptors (Lipinski definition) is 0. The van der Waals surface area contributed by atoms with Gasteiger partial charge in [-0.3, -0.25) is 0 Å². The molecule has 1 aromatic rings. The molecule has 0 atom stereocenters. The van der Waals surface area contributed by atoms with Crippen molar-refractivity contribution in [3.05, 3.63) is 35.4 Å². The van der Waals surface area contributed by atoms with Crippen LogP contribution in [-0.2, 0) is 13.1 Å². The quantitative estimate of drug-likeness (QED) is 0.471. The van der Waals surface area contributed by atoms with Crippen molar-refractivity contribution in [3.8, 4) is 0 Å². The lowest BCUT2D eigenvalue weighted by Gasteiger charge is -1.94. The van der Waals surface area contributed by atoms with Gasteiger partial charge < -0.3 is 59.4 Å². The molecule has 0 unspecified atom stereocenters. The molecule has 0 heterocycles. The molecule has 0 aromatic heterocycles. The molecule has 1 rings (SSSR count). The van der Waals surface area contributed by atoms with Gasteiger partial charge in [-0.2, -0.15) is 0 Å². The molecule has 0 aliphatic rings. The Bertz CT molecular complexity index is 176.